The van der Waals surface area contributed by atoms with E-state index in [4.69, 9.17) is 5.26 Å². The molecular weight excluding hydrogens is 370 g/mol. The number of nitrogens with zero attached hydrogens (tertiary/aromatic N) is 2. The monoisotopic (exact) mass is 397 g/mol. The predicted octanol–water partition coefficient (Wildman–Crippen LogP) is 6.05. The normalized spacial score (nSPS) is 19.7. The molecule has 0 unspecified atom stereocenters. The number of hydrogen-bond acceptors (Lipinski definition) is 3. The Balaban J connectivity index is 1.41. The van der Waals surface area contributed by atoms with Crippen LogP contribution < -0.4 is 5.32 Å². The Morgan fingerprint density at radius 2 is 1.83 bits per heavy atom. The van der Waals surface area contributed by atoms with Crippen LogP contribution in [0.1, 0.15) is 56.1 Å². The van der Waals surface area contributed by atoms with E-state index in [0.29, 0.717) is 17.4 Å². The lowest BCUT2D eigenvalue weighted by Gasteiger charge is -2.33. The third kappa shape index (κ3) is 4.21. The first kappa shape index (κ1) is 20.1. The summed E-state index contributed by atoms with van der Waals surface area (Å²) >= 11 is 0. The summed E-state index contributed by atoms with van der Waals surface area (Å²) in [4.78, 5) is 17.4. The number of amides is 1. The van der Waals surface area contributed by atoms with Crippen molar-refractivity contribution in [2.24, 2.45) is 11.8 Å². The molecule has 1 fully saturated rings. The standard InChI is InChI=1S/C26H27N3O/c1-2-22(26(30)29-21-13-7-18(17-27)8-14-21)19-9-11-20(12-10-19)23-15-16-28-25-6-4-3-5-24(23)25/h3-8,13-16,19-20,22H,2,9-12H2,1H3,(H,29,30)/t19?,20?,22-/m0/s1. The molecule has 1 aromatic heterocycles. The molecule has 1 saturated carbocycles. The van der Waals surface area contributed by atoms with Gasteiger partial charge < -0.3 is 5.32 Å². The van der Waals surface area contributed by atoms with Gasteiger partial charge in [0.1, 0.15) is 0 Å². The number of rotatable bonds is 5. The first-order valence-electron chi connectivity index (χ1n) is 10.8. The van der Waals surface area contributed by atoms with Crippen LogP contribution in [-0.2, 0) is 4.79 Å². The topological polar surface area (TPSA) is 65.8 Å². The molecule has 4 rings (SSSR count). The maximum atomic E-state index is 12.9. The second-order valence-electron chi connectivity index (χ2n) is 8.22. The van der Waals surface area contributed by atoms with Crippen LogP contribution in [0.4, 0.5) is 5.69 Å². The molecule has 4 heteroatoms. The summed E-state index contributed by atoms with van der Waals surface area (Å²) in [6.45, 7) is 2.10. The summed E-state index contributed by atoms with van der Waals surface area (Å²) in [6, 6.07) is 19.7. The number of nitriles is 1. The van der Waals surface area contributed by atoms with E-state index in [0.717, 1.165) is 43.3 Å². The van der Waals surface area contributed by atoms with Crippen LogP contribution in [0.25, 0.3) is 10.9 Å². The maximum absolute atomic E-state index is 12.9. The molecule has 4 nitrogen and oxygen atoms in total. The Hall–Kier alpha value is -3.19. The molecule has 0 saturated heterocycles. The summed E-state index contributed by atoms with van der Waals surface area (Å²) in [5, 5.41) is 13.2. The quantitative estimate of drug-likeness (QED) is 0.570. The Kier molecular flexibility index (Phi) is 6.09. The number of fused-ring (bicyclic) bond motifs is 1. The number of benzene rings is 2. The Morgan fingerprint density at radius 3 is 2.53 bits per heavy atom. The molecule has 1 atom stereocenters. The first-order valence-corrected chi connectivity index (χ1v) is 10.8. The fraction of sp³-hybridized carbons (Fsp3) is 0.346. The summed E-state index contributed by atoms with van der Waals surface area (Å²) in [5.41, 5.74) is 3.82. The molecule has 1 aliphatic carbocycles. The SMILES string of the molecule is CC[C@H](C(=O)Nc1ccc(C#N)cc1)C1CCC(c2ccnc3ccccc23)CC1. The lowest BCUT2D eigenvalue weighted by atomic mass is 9.72. The van der Waals surface area contributed by atoms with Crippen molar-refractivity contribution in [1.82, 2.24) is 4.98 Å². The van der Waals surface area contributed by atoms with Crippen LogP contribution in [0.5, 0.6) is 0 Å². The van der Waals surface area contributed by atoms with E-state index in [1.54, 1.807) is 24.3 Å². The van der Waals surface area contributed by atoms with Gasteiger partial charge in [-0.1, -0.05) is 25.1 Å². The van der Waals surface area contributed by atoms with Gasteiger partial charge in [-0.05, 0) is 85.9 Å². The summed E-state index contributed by atoms with van der Waals surface area (Å²) < 4.78 is 0. The molecule has 152 valence electrons. The van der Waals surface area contributed by atoms with Gasteiger partial charge >= 0.3 is 0 Å². The smallest absolute Gasteiger partial charge is 0.227 e. The Bertz CT molecular complexity index is 1050. The molecule has 3 aromatic rings. The van der Waals surface area contributed by atoms with E-state index in [1.807, 2.05) is 12.3 Å². The molecule has 1 heterocycles. The van der Waals surface area contributed by atoms with Crippen molar-refractivity contribution < 1.29 is 4.79 Å². The fourth-order valence-corrected chi connectivity index (χ4v) is 4.90. The van der Waals surface area contributed by atoms with Crippen molar-refractivity contribution in [3.63, 3.8) is 0 Å². The van der Waals surface area contributed by atoms with Crippen LogP contribution in [0.3, 0.4) is 0 Å². The van der Waals surface area contributed by atoms with E-state index >= 15 is 0 Å². The maximum Gasteiger partial charge on any atom is 0.227 e. The molecule has 0 spiro atoms. The van der Waals surface area contributed by atoms with Crippen molar-refractivity contribution in [1.29, 1.82) is 5.26 Å². The number of carbonyl (C=O) groups excluding carboxylic acids is 1. The van der Waals surface area contributed by atoms with Gasteiger partial charge in [-0.3, -0.25) is 9.78 Å². The predicted molar refractivity (Wildman–Crippen MR) is 120 cm³/mol. The molecule has 1 aliphatic rings. The minimum atomic E-state index is 0.0239. The van der Waals surface area contributed by atoms with Crippen molar-refractivity contribution in [2.45, 2.75) is 44.9 Å². The zero-order valence-electron chi connectivity index (χ0n) is 17.3. The number of pyridine rings is 1. The Labute approximate surface area is 178 Å². The van der Waals surface area contributed by atoms with Crippen LogP contribution in [0, 0.1) is 23.2 Å². The molecule has 2 aromatic carbocycles. The van der Waals surface area contributed by atoms with E-state index in [1.165, 1.54) is 10.9 Å². The average Bonchev–Trinajstić information content (AvgIpc) is 2.80. The van der Waals surface area contributed by atoms with Gasteiger partial charge in [-0.25, -0.2) is 0 Å². The second kappa shape index (κ2) is 9.09. The number of hydrogen-bond donors (Lipinski definition) is 1. The minimum absolute atomic E-state index is 0.0239. The van der Waals surface area contributed by atoms with E-state index in [9.17, 15) is 4.79 Å². The molecule has 0 aliphatic heterocycles. The molecule has 30 heavy (non-hydrogen) atoms. The summed E-state index contributed by atoms with van der Waals surface area (Å²) in [5.74, 6) is 1.07. The van der Waals surface area contributed by atoms with Crippen LogP contribution >= 0.6 is 0 Å². The number of aromatic nitrogens is 1. The van der Waals surface area contributed by atoms with Gasteiger partial charge in [-0.15, -0.1) is 0 Å². The summed E-state index contributed by atoms with van der Waals surface area (Å²) in [7, 11) is 0. The van der Waals surface area contributed by atoms with Crippen molar-refractivity contribution in [3.05, 3.63) is 71.9 Å². The van der Waals surface area contributed by atoms with Gasteiger partial charge in [0.25, 0.3) is 0 Å². The number of nitrogens with one attached hydrogen (secondary N) is 1. The molecule has 1 N–H and O–H groups in total. The fourth-order valence-electron chi connectivity index (χ4n) is 4.90. The van der Waals surface area contributed by atoms with Crippen molar-refractivity contribution >= 4 is 22.5 Å². The van der Waals surface area contributed by atoms with E-state index in [2.05, 4.69) is 47.6 Å². The number of para-hydroxylation sites is 1. The molecule has 1 amide bonds. The zero-order chi connectivity index (χ0) is 20.9. The van der Waals surface area contributed by atoms with E-state index in [-0.39, 0.29) is 11.8 Å². The lowest BCUT2D eigenvalue weighted by Crippen LogP contribution is -2.31. The van der Waals surface area contributed by atoms with Crippen LogP contribution in [-0.4, -0.2) is 10.9 Å². The third-order valence-electron chi connectivity index (χ3n) is 6.52. The highest BCUT2D eigenvalue weighted by atomic mass is 16.1. The van der Waals surface area contributed by atoms with Gasteiger partial charge in [0.05, 0.1) is 17.1 Å². The van der Waals surface area contributed by atoms with Gasteiger partial charge in [0.2, 0.25) is 5.91 Å². The van der Waals surface area contributed by atoms with Gasteiger partial charge in [0, 0.05) is 23.2 Å². The molecule has 0 bridgehead atoms. The lowest BCUT2D eigenvalue weighted by molar-refractivity contribution is -0.122. The Morgan fingerprint density at radius 1 is 1.10 bits per heavy atom. The van der Waals surface area contributed by atoms with E-state index < -0.39 is 0 Å². The van der Waals surface area contributed by atoms with Crippen molar-refractivity contribution in [3.8, 4) is 6.07 Å². The second-order valence-corrected chi connectivity index (χ2v) is 8.22. The highest BCUT2D eigenvalue weighted by Crippen LogP contribution is 2.41. The van der Waals surface area contributed by atoms with Crippen LogP contribution in [0.2, 0.25) is 0 Å². The van der Waals surface area contributed by atoms with Crippen molar-refractivity contribution in [2.75, 3.05) is 5.32 Å². The summed E-state index contributed by atoms with van der Waals surface area (Å²) in [6.07, 6.45) is 7.12. The van der Waals surface area contributed by atoms with Gasteiger partial charge in [0.15, 0.2) is 0 Å². The third-order valence-corrected chi connectivity index (χ3v) is 6.52. The first-order chi connectivity index (χ1) is 14.7. The minimum Gasteiger partial charge on any atom is -0.326 e. The number of anilines is 1. The number of carbonyl (C=O) groups is 1. The zero-order valence-corrected chi connectivity index (χ0v) is 17.3. The largest absolute Gasteiger partial charge is 0.326 e. The average molecular weight is 398 g/mol. The highest BCUT2D eigenvalue weighted by Gasteiger charge is 2.32. The highest BCUT2D eigenvalue weighted by molar-refractivity contribution is 5.92. The molecule has 0 radical (unpaired) electrons. The van der Waals surface area contributed by atoms with Gasteiger partial charge in [-0.2, -0.15) is 5.26 Å². The molecular formula is C26H27N3O. The van der Waals surface area contributed by atoms with Crippen LogP contribution in [0.15, 0.2) is 60.8 Å².